The van der Waals surface area contributed by atoms with Crippen molar-refractivity contribution in [2.24, 2.45) is 0 Å². The third-order valence-electron chi connectivity index (χ3n) is 2.65. The van der Waals surface area contributed by atoms with E-state index in [0.29, 0.717) is 16.0 Å². The lowest BCUT2D eigenvalue weighted by atomic mass is 9.97. The molecular formula is C14H10O4S. The summed E-state index contributed by atoms with van der Waals surface area (Å²) in [6, 6.07) is 10.8. The Bertz CT molecular complexity index is 664. The van der Waals surface area contributed by atoms with E-state index in [1.807, 2.05) is 0 Å². The molecular weight excluding hydrogens is 264 g/mol. The van der Waals surface area contributed by atoms with Gasteiger partial charge in [-0.3, -0.25) is 0 Å². The Morgan fingerprint density at radius 3 is 2.26 bits per heavy atom. The van der Waals surface area contributed by atoms with E-state index >= 15 is 0 Å². The molecule has 5 heteroatoms. The maximum Gasteiger partial charge on any atom is 0.336 e. The Balaban J connectivity index is 2.67. The first kappa shape index (κ1) is 13.2. The fourth-order valence-corrected chi connectivity index (χ4v) is 2.00. The Morgan fingerprint density at radius 1 is 0.947 bits per heavy atom. The number of rotatable bonds is 3. The van der Waals surface area contributed by atoms with E-state index in [1.165, 1.54) is 18.2 Å². The highest BCUT2D eigenvalue weighted by Crippen LogP contribution is 2.27. The molecule has 0 aliphatic rings. The van der Waals surface area contributed by atoms with Crippen LogP contribution in [0.2, 0.25) is 0 Å². The van der Waals surface area contributed by atoms with Crippen LogP contribution in [0.15, 0.2) is 47.4 Å². The zero-order valence-corrected chi connectivity index (χ0v) is 10.6. The van der Waals surface area contributed by atoms with Gasteiger partial charge in [-0.2, -0.15) is 0 Å². The second-order valence-corrected chi connectivity index (χ2v) is 4.44. The van der Waals surface area contributed by atoms with Crippen molar-refractivity contribution in [1.29, 1.82) is 0 Å². The van der Waals surface area contributed by atoms with Crippen molar-refractivity contribution < 1.29 is 19.8 Å². The first-order valence-electron chi connectivity index (χ1n) is 5.39. The van der Waals surface area contributed by atoms with Crippen LogP contribution in [0.4, 0.5) is 0 Å². The van der Waals surface area contributed by atoms with Crippen molar-refractivity contribution >= 4 is 24.6 Å². The molecule has 0 fully saturated rings. The Morgan fingerprint density at radius 2 is 1.68 bits per heavy atom. The lowest BCUT2D eigenvalue weighted by molar-refractivity contribution is 0.0682. The number of carboxylic acid groups (broad SMARTS) is 2. The van der Waals surface area contributed by atoms with Crippen LogP contribution in [0.5, 0.6) is 0 Å². The van der Waals surface area contributed by atoms with Gasteiger partial charge in [0.2, 0.25) is 0 Å². The Labute approximate surface area is 114 Å². The first-order chi connectivity index (χ1) is 8.99. The summed E-state index contributed by atoms with van der Waals surface area (Å²) in [5.74, 6) is -2.20. The summed E-state index contributed by atoms with van der Waals surface area (Å²) in [5, 5.41) is 18.1. The van der Waals surface area contributed by atoms with Gasteiger partial charge in [-0.15, -0.1) is 12.6 Å². The lowest BCUT2D eigenvalue weighted by Crippen LogP contribution is -2.03. The lowest BCUT2D eigenvalue weighted by Gasteiger charge is -2.08. The molecule has 0 unspecified atom stereocenters. The van der Waals surface area contributed by atoms with Crippen LogP contribution in [0.25, 0.3) is 11.1 Å². The number of thiol groups is 1. The van der Waals surface area contributed by atoms with Gasteiger partial charge >= 0.3 is 11.9 Å². The van der Waals surface area contributed by atoms with Crippen molar-refractivity contribution in [2.75, 3.05) is 0 Å². The van der Waals surface area contributed by atoms with E-state index in [1.54, 1.807) is 24.3 Å². The molecule has 2 rings (SSSR count). The third-order valence-corrected chi connectivity index (χ3v) is 2.93. The van der Waals surface area contributed by atoms with E-state index in [0.717, 1.165) is 0 Å². The van der Waals surface area contributed by atoms with Gasteiger partial charge in [-0.25, -0.2) is 9.59 Å². The average Bonchev–Trinajstić information content (AvgIpc) is 2.37. The summed E-state index contributed by atoms with van der Waals surface area (Å²) >= 11 is 4.19. The standard InChI is InChI=1S/C14H10O4S/c15-13(16)9-4-5-11(14(17)18)12(7-9)8-2-1-3-10(19)6-8/h1-7,19H,(H,15,16)(H,17,18). The number of aromatic carboxylic acids is 2. The number of carbonyl (C=O) groups is 2. The summed E-state index contributed by atoms with van der Waals surface area (Å²) in [7, 11) is 0. The molecule has 0 heterocycles. The summed E-state index contributed by atoms with van der Waals surface area (Å²) in [5.41, 5.74) is 1.09. The van der Waals surface area contributed by atoms with E-state index < -0.39 is 11.9 Å². The smallest absolute Gasteiger partial charge is 0.336 e. The SMILES string of the molecule is O=C(O)c1ccc(C(=O)O)c(-c2cccc(S)c2)c1. The molecule has 2 aromatic carbocycles. The molecule has 96 valence electrons. The molecule has 2 aromatic rings. The molecule has 0 radical (unpaired) electrons. The number of hydrogen-bond acceptors (Lipinski definition) is 3. The second kappa shape index (κ2) is 5.16. The maximum atomic E-state index is 11.2. The van der Waals surface area contributed by atoms with Gasteiger partial charge in [-0.05, 0) is 41.5 Å². The summed E-state index contributed by atoms with van der Waals surface area (Å²) < 4.78 is 0. The topological polar surface area (TPSA) is 74.6 Å². The van der Waals surface area contributed by atoms with E-state index in [4.69, 9.17) is 10.2 Å². The Hall–Kier alpha value is -2.27. The molecule has 0 amide bonds. The van der Waals surface area contributed by atoms with Gasteiger partial charge in [0.1, 0.15) is 0 Å². The summed E-state index contributed by atoms with van der Waals surface area (Å²) in [4.78, 5) is 22.8. The summed E-state index contributed by atoms with van der Waals surface area (Å²) in [6.07, 6.45) is 0. The van der Waals surface area contributed by atoms with Gasteiger partial charge in [0, 0.05) is 4.90 Å². The Kier molecular flexibility index (Phi) is 3.57. The van der Waals surface area contributed by atoms with Crippen molar-refractivity contribution in [2.45, 2.75) is 4.90 Å². The van der Waals surface area contributed by atoms with Crippen LogP contribution in [-0.4, -0.2) is 22.2 Å². The molecule has 4 nitrogen and oxygen atoms in total. The molecule has 0 saturated heterocycles. The summed E-state index contributed by atoms with van der Waals surface area (Å²) in [6.45, 7) is 0. The predicted molar refractivity (Wildman–Crippen MR) is 73.0 cm³/mol. The molecule has 19 heavy (non-hydrogen) atoms. The van der Waals surface area contributed by atoms with Gasteiger partial charge in [-0.1, -0.05) is 12.1 Å². The highest BCUT2D eigenvalue weighted by Gasteiger charge is 2.14. The van der Waals surface area contributed by atoms with Crippen LogP contribution in [0.3, 0.4) is 0 Å². The largest absolute Gasteiger partial charge is 0.478 e. The maximum absolute atomic E-state index is 11.2. The number of benzene rings is 2. The molecule has 0 aromatic heterocycles. The third kappa shape index (κ3) is 2.77. The fraction of sp³-hybridized carbons (Fsp3) is 0. The second-order valence-electron chi connectivity index (χ2n) is 3.92. The molecule has 0 saturated carbocycles. The van der Waals surface area contributed by atoms with Crippen LogP contribution < -0.4 is 0 Å². The fourth-order valence-electron chi connectivity index (χ4n) is 1.78. The predicted octanol–water partition coefficient (Wildman–Crippen LogP) is 3.04. The van der Waals surface area contributed by atoms with Crippen LogP contribution in [-0.2, 0) is 0 Å². The molecule has 0 bridgehead atoms. The van der Waals surface area contributed by atoms with Crippen LogP contribution in [0.1, 0.15) is 20.7 Å². The first-order valence-corrected chi connectivity index (χ1v) is 5.84. The van der Waals surface area contributed by atoms with Gasteiger partial charge < -0.3 is 10.2 Å². The normalized spacial score (nSPS) is 10.2. The van der Waals surface area contributed by atoms with E-state index in [2.05, 4.69) is 12.6 Å². The number of hydrogen-bond donors (Lipinski definition) is 3. The molecule has 0 atom stereocenters. The van der Waals surface area contributed by atoms with Crippen molar-refractivity contribution in [3.63, 3.8) is 0 Å². The molecule has 0 aliphatic heterocycles. The zero-order chi connectivity index (χ0) is 14.0. The quantitative estimate of drug-likeness (QED) is 0.752. The monoisotopic (exact) mass is 274 g/mol. The van der Waals surface area contributed by atoms with E-state index in [9.17, 15) is 9.59 Å². The van der Waals surface area contributed by atoms with Gasteiger partial charge in [0.05, 0.1) is 11.1 Å². The highest BCUT2D eigenvalue weighted by molar-refractivity contribution is 7.80. The minimum absolute atomic E-state index is 0.0459. The average molecular weight is 274 g/mol. The van der Waals surface area contributed by atoms with Crippen molar-refractivity contribution in [3.05, 3.63) is 53.6 Å². The molecule has 0 spiro atoms. The zero-order valence-electron chi connectivity index (χ0n) is 9.70. The highest BCUT2D eigenvalue weighted by atomic mass is 32.1. The van der Waals surface area contributed by atoms with Gasteiger partial charge in [0.25, 0.3) is 0 Å². The van der Waals surface area contributed by atoms with Gasteiger partial charge in [0.15, 0.2) is 0 Å². The molecule has 0 aliphatic carbocycles. The minimum Gasteiger partial charge on any atom is -0.478 e. The van der Waals surface area contributed by atoms with E-state index in [-0.39, 0.29) is 11.1 Å². The van der Waals surface area contributed by atoms with Crippen LogP contribution in [0, 0.1) is 0 Å². The minimum atomic E-state index is -1.10. The van der Waals surface area contributed by atoms with Crippen molar-refractivity contribution in [3.8, 4) is 11.1 Å². The van der Waals surface area contributed by atoms with Crippen molar-refractivity contribution in [1.82, 2.24) is 0 Å². The number of carboxylic acids is 2. The van der Waals surface area contributed by atoms with Crippen LogP contribution >= 0.6 is 12.6 Å². The molecule has 2 N–H and O–H groups in total.